The fraction of sp³-hybridized carbons (Fsp3) is 0.276. The second kappa shape index (κ2) is 9.09. The number of anilines is 1. The molecule has 34 heavy (non-hydrogen) atoms. The van der Waals surface area contributed by atoms with E-state index in [2.05, 4.69) is 104 Å². The van der Waals surface area contributed by atoms with Gasteiger partial charge in [-0.25, -0.2) is 4.79 Å². The number of benzene rings is 3. The molecule has 0 bridgehead atoms. The van der Waals surface area contributed by atoms with Crippen LogP contribution >= 0.6 is 0 Å². The predicted molar refractivity (Wildman–Crippen MR) is 136 cm³/mol. The van der Waals surface area contributed by atoms with Crippen molar-refractivity contribution in [2.24, 2.45) is 0 Å². The monoisotopic (exact) mass is 453 g/mol. The molecule has 3 aromatic carbocycles. The number of para-hydroxylation sites is 1. The molecule has 0 unspecified atom stereocenters. The van der Waals surface area contributed by atoms with Crippen molar-refractivity contribution >= 4 is 17.9 Å². The Labute approximate surface area is 201 Å². The molecule has 0 saturated carbocycles. The largest absolute Gasteiger partial charge is 0.452 e. The van der Waals surface area contributed by atoms with Gasteiger partial charge in [-0.15, -0.1) is 0 Å². The molecule has 3 atom stereocenters. The Hall–Kier alpha value is -3.41. The van der Waals surface area contributed by atoms with Crippen molar-refractivity contribution in [3.05, 3.63) is 107 Å². The van der Waals surface area contributed by atoms with Crippen molar-refractivity contribution in [2.75, 3.05) is 26.1 Å². The van der Waals surface area contributed by atoms with Crippen LogP contribution in [0.25, 0.3) is 6.08 Å². The van der Waals surface area contributed by atoms with E-state index in [9.17, 15) is 4.79 Å². The van der Waals surface area contributed by atoms with E-state index < -0.39 is 0 Å². The molecule has 1 amide bonds. The first-order valence-corrected chi connectivity index (χ1v) is 11.7. The van der Waals surface area contributed by atoms with Gasteiger partial charge in [-0.1, -0.05) is 78.9 Å². The Bertz CT molecular complexity index is 1140. The lowest BCUT2D eigenvalue weighted by Gasteiger charge is -2.40. The lowest BCUT2D eigenvalue weighted by atomic mass is 9.93. The highest BCUT2D eigenvalue weighted by Gasteiger charge is 2.48. The van der Waals surface area contributed by atoms with Gasteiger partial charge in [0.25, 0.3) is 0 Å². The Morgan fingerprint density at radius 2 is 1.26 bits per heavy atom. The maximum atomic E-state index is 12.9. The molecule has 2 aliphatic rings. The molecule has 0 aliphatic carbocycles. The molecule has 1 fully saturated rings. The number of fused-ring (bicyclic) bond motifs is 1. The van der Waals surface area contributed by atoms with Gasteiger partial charge in [0.2, 0.25) is 0 Å². The smallest absolute Gasteiger partial charge is 0.414 e. The van der Waals surface area contributed by atoms with Gasteiger partial charge in [0.1, 0.15) is 0 Å². The summed E-state index contributed by atoms with van der Waals surface area (Å²) in [6.45, 7) is 2.09. The van der Waals surface area contributed by atoms with Crippen LogP contribution in [0.4, 0.5) is 10.5 Å². The quantitative estimate of drug-likeness (QED) is 0.507. The highest BCUT2D eigenvalue weighted by atomic mass is 16.5. The predicted octanol–water partition coefficient (Wildman–Crippen LogP) is 5.73. The number of amides is 1. The maximum Gasteiger partial charge on any atom is 0.414 e. The van der Waals surface area contributed by atoms with E-state index in [0.29, 0.717) is 0 Å². The molecular weight excluding hydrogens is 422 g/mol. The van der Waals surface area contributed by atoms with Crippen molar-refractivity contribution in [1.82, 2.24) is 9.80 Å². The summed E-state index contributed by atoms with van der Waals surface area (Å²) >= 11 is 0. The van der Waals surface area contributed by atoms with Crippen LogP contribution < -0.4 is 4.90 Å². The highest BCUT2D eigenvalue weighted by Crippen LogP contribution is 2.49. The van der Waals surface area contributed by atoms with E-state index in [4.69, 9.17) is 4.74 Å². The van der Waals surface area contributed by atoms with Crippen molar-refractivity contribution < 1.29 is 9.53 Å². The fourth-order valence-corrected chi connectivity index (χ4v) is 5.77. The SMILES string of the molecule is COC(=O)N1c2ccccc2C=C(C2N(C)[C@@H](c3ccccc3)[C@H](c3ccccc3)N2C)[C@H]1C. The number of methoxy groups -OCH3 is 1. The minimum atomic E-state index is -0.340. The molecule has 0 spiro atoms. The lowest BCUT2D eigenvalue weighted by Crippen LogP contribution is -2.49. The Kier molecular flexibility index (Phi) is 5.98. The average Bonchev–Trinajstić information content (AvgIpc) is 3.14. The number of likely N-dealkylation sites (N-methyl/N-ethyl adjacent to an activating group) is 2. The Morgan fingerprint density at radius 1 is 0.765 bits per heavy atom. The molecule has 174 valence electrons. The van der Waals surface area contributed by atoms with Gasteiger partial charge in [-0.3, -0.25) is 14.7 Å². The van der Waals surface area contributed by atoms with Crippen LogP contribution in [0.3, 0.4) is 0 Å². The van der Waals surface area contributed by atoms with Crippen LogP contribution in [0.15, 0.2) is 90.5 Å². The van der Waals surface area contributed by atoms with Crippen molar-refractivity contribution in [3.8, 4) is 0 Å². The summed E-state index contributed by atoms with van der Waals surface area (Å²) in [5.74, 6) is 0. The molecular formula is C29H31N3O2. The standard InChI is InChI=1S/C29H31N3O2/c1-20-24(19-23-17-11-12-18-25(23)32(20)29(33)34-4)28-30(2)26(21-13-7-5-8-14-21)27(31(28)3)22-15-9-6-10-16-22/h5-20,26-28H,1-4H3/t20-,26+,27+/m1/s1. The number of hydrogen-bond acceptors (Lipinski definition) is 4. The van der Waals surface area contributed by atoms with Crippen LogP contribution in [0.1, 0.15) is 35.7 Å². The first kappa shape index (κ1) is 22.4. The van der Waals surface area contributed by atoms with Crippen molar-refractivity contribution in [2.45, 2.75) is 31.2 Å². The van der Waals surface area contributed by atoms with Crippen LogP contribution in [0.2, 0.25) is 0 Å². The van der Waals surface area contributed by atoms with Crippen molar-refractivity contribution in [1.29, 1.82) is 0 Å². The Morgan fingerprint density at radius 3 is 1.79 bits per heavy atom. The van der Waals surface area contributed by atoms with E-state index in [1.54, 1.807) is 4.90 Å². The second-order valence-corrected chi connectivity index (χ2v) is 9.13. The number of carbonyl (C=O) groups is 1. The zero-order valence-electron chi connectivity index (χ0n) is 20.1. The minimum absolute atomic E-state index is 0.00549. The second-order valence-electron chi connectivity index (χ2n) is 9.13. The summed E-state index contributed by atoms with van der Waals surface area (Å²) in [4.78, 5) is 19.5. The van der Waals surface area contributed by atoms with E-state index >= 15 is 0 Å². The maximum absolute atomic E-state index is 12.9. The highest BCUT2D eigenvalue weighted by molar-refractivity contribution is 5.94. The molecule has 0 radical (unpaired) electrons. The number of nitrogens with zero attached hydrogens (tertiary/aromatic N) is 3. The van der Waals surface area contributed by atoms with E-state index in [-0.39, 0.29) is 30.4 Å². The minimum Gasteiger partial charge on any atom is -0.452 e. The van der Waals surface area contributed by atoms with E-state index in [1.165, 1.54) is 23.8 Å². The first-order valence-electron chi connectivity index (χ1n) is 11.7. The molecule has 5 heteroatoms. The van der Waals surface area contributed by atoms with Gasteiger partial charge < -0.3 is 4.74 Å². The van der Waals surface area contributed by atoms with Crippen molar-refractivity contribution in [3.63, 3.8) is 0 Å². The van der Waals surface area contributed by atoms with Gasteiger partial charge in [-0.05, 0) is 55.4 Å². The third kappa shape index (κ3) is 3.61. The number of hydrogen-bond donors (Lipinski definition) is 0. The van der Waals surface area contributed by atoms with Crippen LogP contribution in [0, 0.1) is 0 Å². The number of rotatable bonds is 3. The van der Waals surface area contributed by atoms with Crippen LogP contribution in [0.5, 0.6) is 0 Å². The Balaban J connectivity index is 1.63. The summed E-state index contributed by atoms with van der Waals surface area (Å²) in [7, 11) is 5.83. The number of ether oxygens (including phenoxy) is 1. The molecule has 0 N–H and O–H groups in total. The third-order valence-corrected chi connectivity index (χ3v) is 7.29. The third-order valence-electron chi connectivity index (χ3n) is 7.29. The van der Waals surface area contributed by atoms with Gasteiger partial charge in [0, 0.05) is 0 Å². The normalized spacial score (nSPS) is 23.5. The number of carbonyl (C=O) groups excluding carboxylic acids is 1. The van der Waals surface area contributed by atoms with E-state index in [0.717, 1.165) is 11.3 Å². The summed E-state index contributed by atoms with van der Waals surface area (Å²) in [6, 6.07) is 29.6. The first-order chi connectivity index (χ1) is 16.5. The fourth-order valence-electron chi connectivity index (χ4n) is 5.77. The molecule has 5 nitrogen and oxygen atoms in total. The van der Waals surface area contributed by atoms with Crippen LogP contribution in [-0.4, -0.2) is 49.3 Å². The summed E-state index contributed by atoms with van der Waals surface area (Å²) in [5, 5.41) is 0. The summed E-state index contributed by atoms with van der Waals surface area (Å²) < 4.78 is 5.20. The topological polar surface area (TPSA) is 36.0 Å². The zero-order valence-corrected chi connectivity index (χ0v) is 20.1. The van der Waals surface area contributed by atoms with E-state index in [1.807, 2.05) is 18.2 Å². The molecule has 1 saturated heterocycles. The summed E-state index contributed by atoms with van der Waals surface area (Å²) in [5.41, 5.74) is 5.65. The van der Waals surface area contributed by atoms with Gasteiger partial charge in [-0.2, -0.15) is 0 Å². The molecule has 2 heterocycles. The molecule has 0 aromatic heterocycles. The molecule has 2 aliphatic heterocycles. The summed E-state index contributed by atoms with van der Waals surface area (Å²) in [6.07, 6.45) is 1.92. The molecule has 5 rings (SSSR count). The van der Waals surface area contributed by atoms with Gasteiger partial charge in [0.15, 0.2) is 0 Å². The van der Waals surface area contributed by atoms with Gasteiger partial charge >= 0.3 is 6.09 Å². The zero-order chi connectivity index (χ0) is 23.8. The van der Waals surface area contributed by atoms with Gasteiger partial charge in [0.05, 0.1) is 37.1 Å². The lowest BCUT2D eigenvalue weighted by molar-refractivity contribution is 0.171. The molecule has 3 aromatic rings. The average molecular weight is 454 g/mol. The van der Waals surface area contributed by atoms with Crippen LogP contribution in [-0.2, 0) is 4.74 Å².